The summed E-state index contributed by atoms with van der Waals surface area (Å²) in [4.78, 5) is 4.06. The van der Waals surface area contributed by atoms with Crippen LogP contribution in [-0.4, -0.2) is 16.2 Å². The number of nitrogens with one attached hydrogen (secondary N) is 1. The van der Waals surface area contributed by atoms with Crippen LogP contribution in [-0.2, 0) is 6.42 Å². The van der Waals surface area contributed by atoms with E-state index in [9.17, 15) is 4.39 Å². The molecule has 1 aromatic carbocycles. The summed E-state index contributed by atoms with van der Waals surface area (Å²) < 4.78 is 17.7. The van der Waals surface area contributed by atoms with Crippen LogP contribution in [0.4, 0.5) is 10.4 Å². The van der Waals surface area contributed by atoms with Gasteiger partial charge in [0.1, 0.15) is 5.82 Å². The Morgan fingerprint density at radius 3 is 2.65 bits per heavy atom. The van der Waals surface area contributed by atoms with Gasteiger partial charge >= 0.3 is 6.01 Å². The van der Waals surface area contributed by atoms with Crippen molar-refractivity contribution in [2.75, 3.05) is 5.32 Å². The van der Waals surface area contributed by atoms with E-state index in [1.165, 1.54) is 12.1 Å². The fourth-order valence-electron chi connectivity index (χ4n) is 1.59. The molecule has 1 N–H and O–H groups in total. The van der Waals surface area contributed by atoms with E-state index < -0.39 is 0 Å². The molecule has 0 amide bonds. The Bertz CT molecular complexity index is 481. The third-order valence-corrected chi connectivity index (χ3v) is 2.35. The highest BCUT2D eigenvalue weighted by Crippen LogP contribution is 2.10. The molecule has 90 valence electrons. The second kappa shape index (κ2) is 4.95. The maximum Gasteiger partial charge on any atom is 0.321 e. The number of hydrogen-bond donors (Lipinski definition) is 1. The fourth-order valence-corrected chi connectivity index (χ4v) is 1.59. The highest BCUT2D eigenvalue weighted by atomic mass is 19.1. The SMILES string of the molecule is Cc1noc(NC(C)Cc2ccc(F)cc2)n1. The van der Waals surface area contributed by atoms with E-state index in [-0.39, 0.29) is 11.9 Å². The van der Waals surface area contributed by atoms with Crippen LogP contribution in [0.5, 0.6) is 0 Å². The van der Waals surface area contributed by atoms with Crippen molar-refractivity contribution in [3.63, 3.8) is 0 Å². The van der Waals surface area contributed by atoms with Crippen molar-refractivity contribution in [3.05, 3.63) is 41.5 Å². The zero-order valence-corrected chi connectivity index (χ0v) is 9.77. The van der Waals surface area contributed by atoms with Crippen molar-refractivity contribution in [2.45, 2.75) is 26.3 Å². The maximum absolute atomic E-state index is 12.7. The first kappa shape index (κ1) is 11.6. The first-order valence-electron chi connectivity index (χ1n) is 5.45. The van der Waals surface area contributed by atoms with Crippen LogP contribution < -0.4 is 5.32 Å². The van der Waals surface area contributed by atoms with Crippen LogP contribution in [0.15, 0.2) is 28.8 Å². The number of rotatable bonds is 4. The lowest BCUT2D eigenvalue weighted by Gasteiger charge is -2.11. The quantitative estimate of drug-likeness (QED) is 0.884. The molecule has 1 atom stereocenters. The van der Waals surface area contributed by atoms with Gasteiger partial charge < -0.3 is 9.84 Å². The van der Waals surface area contributed by atoms with Crippen LogP contribution in [0.3, 0.4) is 0 Å². The lowest BCUT2D eigenvalue weighted by Crippen LogP contribution is -2.18. The van der Waals surface area contributed by atoms with Crippen LogP contribution in [0.25, 0.3) is 0 Å². The second-order valence-electron chi connectivity index (χ2n) is 4.02. The molecule has 1 aromatic heterocycles. The number of nitrogens with zero attached hydrogens (tertiary/aromatic N) is 2. The number of benzene rings is 1. The van der Waals surface area contributed by atoms with Gasteiger partial charge in [0, 0.05) is 6.04 Å². The molecule has 1 unspecified atom stereocenters. The van der Waals surface area contributed by atoms with E-state index in [0.29, 0.717) is 11.8 Å². The van der Waals surface area contributed by atoms with Gasteiger partial charge in [0.2, 0.25) is 0 Å². The summed E-state index contributed by atoms with van der Waals surface area (Å²) >= 11 is 0. The van der Waals surface area contributed by atoms with Crippen LogP contribution in [0, 0.1) is 12.7 Å². The predicted octanol–water partition coefficient (Wildman–Crippen LogP) is 2.56. The Kier molecular flexibility index (Phi) is 3.37. The molecule has 17 heavy (non-hydrogen) atoms. The summed E-state index contributed by atoms with van der Waals surface area (Å²) in [7, 11) is 0. The monoisotopic (exact) mass is 235 g/mol. The Hall–Kier alpha value is -1.91. The standard InChI is InChI=1S/C12H14FN3O/c1-8(14-12-15-9(2)16-17-12)7-10-3-5-11(13)6-4-10/h3-6,8H,7H2,1-2H3,(H,14,15,16). The largest absolute Gasteiger partial charge is 0.335 e. The van der Waals surface area contributed by atoms with Gasteiger partial charge in [-0.15, -0.1) is 0 Å². The van der Waals surface area contributed by atoms with Crippen LogP contribution in [0.1, 0.15) is 18.3 Å². The Labute approximate surface area is 98.8 Å². The number of anilines is 1. The minimum absolute atomic E-state index is 0.139. The molecule has 0 radical (unpaired) electrons. The lowest BCUT2D eigenvalue weighted by molar-refractivity contribution is 0.422. The molecule has 0 aliphatic rings. The number of halogens is 1. The third kappa shape index (κ3) is 3.27. The van der Waals surface area contributed by atoms with E-state index in [1.54, 1.807) is 19.1 Å². The van der Waals surface area contributed by atoms with Gasteiger partial charge in [-0.05, 0) is 38.0 Å². The normalized spacial score (nSPS) is 12.4. The van der Waals surface area contributed by atoms with E-state index >= 15 is 0 Å². The van der Waals surface area contributed by atoms with Crippen LogP contribution >= 0.6 is 0 Å². The Morgan fingerprint density at radius 2 is 2.06 bits per heavy atom. The minimum atomic E-state index is -0.220. The Morgan fingerprint density at radius 1 is 1.35 bits per heavy atom. The molecule has 0 fully saturated rings. The number of hydrogen-bond acceptors (Lipinski definition) is 4. The molecule has 2 rings (SSSR count). The van der Waals surface area contributed by atoms with Gasteiger partial charge in [0.05, 0.1) is 0 Å². The number of aryl methyl sites for hydroxylation is 1. The predicted molar refractivity (Wildman–Crippen MR) is 62.2 cm³/mol. The second-order valence-corrected chi connectivity index (χ2v) is 4.02. The van der Waals surface area contributed by atoms with E-state index in [1.807, 2.05) is 6.92 Å². The molecule has 0 bridgehead atoms. The van der Waals surface area contributed by atoms with Gasteiger partial charge in [-0.3, -0.25) is 0 Å². The molecule has 0 saturated heterocycles. The zero-order chi connectivity index (χ0) is 12.3. The smallest absolute Gasteiger partial charge is 0.321 e. The molecule has 0 saturated carbocycles. The zero-order valence-electron chi connectivity index (χ0n) is 9.77. The fraction of sp³-hybridized carbons (Fsp3) is 0.333. The molecular weight excluding hydrogens is 221 g/mol. The molecule has 2 aromatic rings. The topological polar surface area (TPSA) is 51.0 Å². The molecule has 0 aliphatic heterocycles. The molecule has 0 spiro atoms. The van der Waals surface area contributed by atoms with E-state index in [0.717, 1.165) is 12.0 Å². The molecule has 4 nitrogen and oxygen atoms in total. The first-order chi connectivity index (χ1) is 8.13. The van der Waals surface area contributed by atoms with Gasteiger partial charge in [-0.25, -0.2) is 4.39 Å². The summed E-state index contributed by atoms with van der Waals surface area (Å²) in [5.41, 5.74) is 1.06. The summed E-state index contributed by atoms with van der Waals surface area (Å²) in [6, 6.07) is 7.01. The van der Waals surface area contributed by atoms with E-state index in [2.05, 4.69) is 15.5 Å². The summed E-state index contributed by atoms with van der Waals surface area (Å²) in [5, 5.41) is 6.78. The lowest BCUT2D eigenvalue weighted by atomic mass is 10.1. The highest BCUT2D eigenvalue weighted by molar-refractivity contribution is 5.23. The third-order valence-electron chi connectivity index (χ3n) is 2.35. The molecule has 0 aliphatic carbocycles. The number of aromatic nitrogens is 2. The molecule has 1 heterocycles. The van der Waals surface area contributed by atoms with Crippen molar-refractivity contribution in [1.82, 2.24) is 10.1 Å². The van der Waals surface area contributed by atoms with Gasteiger partial charge in [-0.2, -0.15) is 4.98 Å². The highest BCUT2D eigenvalue weighted by Gasteiger charge is 2.08. The first-order valence-corrected chi connectivity index (χ1v) is 5.45. The molecular formula is C12H14FN3O. The summed E-state index contributed by atoms with van der Waals surface area (Å²) in [6.07, 6.45) is 0.766. The van der Waals surface area contributed by atoms with Gasteiger partial charge in [0.25, 0.3) is 0 Å². The Balaban J connectivity index is 1.93. The van der Waals surface area contributed by atoms with Crippen molar-refractivity contribution in [3.8, 4) is 0 Å². The van der Waals surface area contributed by atoms with E-state index in [4.69, 9.17) is 4.52 Å². The summed E-state index contributed by atoms with van der Waals surface area (Å²) in [5.74, 6) is 0.378. The van der Waals surface area contributed by atoms with Crippen molar-refractivity contribution < 1.29 is 8.91 Å². The average molecular weight is 235 g/mol. The average Bonchev–Trinajstić information content (AvgIpc) is 2.67. The van der Waals surface area contributed by atoms with Crippen molar-refractivity contribution >= 4 is 6.01 Å². The maximum atomic E-state index is 12.7. The minimum Gasteiger partial charge on any atom is -0.335 e. The van der Waals surface area contributed by atoms with Crippen molar-refractivity contribution in [2.24, 2.45) is 0 Å². The summed E-state index contributed by atoms with van der Waals surface area (Å²) in [6.45, 7) is 3.77. The van der Waals surface area contributed by atoms with Gasteiger partial charge in [-0.1, -0.05) is 17.3 Å². The molecule has 5 heteroatoms. The van der Waals surface area contributed by atoms with Gasteiger partial charge in [0.15, 0.2) is 5.82 Å². The van der Waals surface area contributed by atoms with Crippen LogP contribution in [0.2, 0.25) is 0 Å². The van der Waals surface area contributed by atoms with Crippen molar-refractivity contribution in [1.29, 1.82) is 0 Å².